The van der Waals surface area contributed by atoms with Gasteiger partial charge in [0.25, 0.3) is 0 Å². The molecule has 4 atom stereocenters. The molecule has 0 radical (unpaired) electrons. The van der Waals surface area contributed by atoms with Gasteiger partial charge >= 0.3 is 0 Å². The molecule has 0 unspecified atom stereocenters. The Hall–Kier alpha value is -3.82. The Morgan fingerprint density at radius 2 is 1.17 bits per heavy atom. The van der Waals surface area contributed by atoms with Crippen LogP contribution in [0.5, 0.6) is 40.2 Å². The fourth-order valence-electron chi connectivity index (χ4n) is 4.70. The number of benzene rings is 3. The molecule has 0 saturated heterocycles. The van der Waals surface area contributed by atoms with Crippen LogP contribution in [0, 0.1) is 0 Å². The maximum atomic E-state index is 11.0. The third kappa shape index (κ3) is 3.92. The molecule has 5 N–H and O–H groups in total. The second kappa shape index (κ2) is 8.75. The molecule has 0 spiro atoms. The molecule has 35 heavy (non-hydrogen) atoms. The Morgan fingerprint density at radius 1 is 0.686 bits per heavy atom. The summed E-state index contributed by atoms with van der Waals surface area (Å²) in [6.45, 7) is 0. The van der Waals surface area contributed by atoms with Gasteiger partial charge < -0.3 is 44.5 Å². The summed E-state index contributed by atoms with van der Waals surface area (Å²) in [5, 5.41) is 52.4. The fourth-order valence-corrected chi connectivity index (χ4v) is 4.70. The van der Waals surface area contributed by atoms with Crippen molar-refractivity contribution >= 4 is 0 Å². The first kappa shape index (κ1) is 22.9. The Kier molecular flexibility index (Phi) is 5.74. The SMILES string of the molecule is COc1cc([C@@H]2Oc3cc4c(c(O)c3C[C@H]2O)C[C@@H](O)[C@H](c2ccc(O)cc2)O4)cc(OC)c1O. The summed E-state index contributed by atoms with van der Waals surface area (Å²) in [7, 11) is 2.82. The van der Waals surface area contributed by atoms with Crippen molar-refractivity contribution in [2.75, 3.05) is 14.2 Å². The van der Waals surface area contributed by atoms with Crippen LogP contribution in [0.25, 0.3) is 0 Å². The largest absolute Gasteiger partial charge is 0.508 e. The van der Waals surface area contributed by atoms with Gasteiger partial charge in [-0.1, -0.05) is 12.1 Å². The van der Waals surface area contributed by atoms with Crippen LogP contribution in [0.1, 0.15) is 34.5 Å². The number of fused-ring (bicyclic) bond motifs is 2. The zero-order valence-corrected chi connectivity index (χ0v) is 19.1. The highest BCUT2D eigenvalue weighted by Crippen LogP contribution is 2.49. The van der Waals surface area contributed by atoms with Crippen molar-refractivity contribution in [1.82, 2.24) is 0 Å². The van der Waals surface area contributed by atoms with Crippen molar-refractivity contribution in [3.8, 4) is 40.2 Å². The van der Waals surface area contributed by atoms with E-state index in [1.54, 1.807) is 30.3 Å². The van der Waals surface area contributed by atoms with E-state index < -0.39 is 24.4 Å². The Bertz CT molecular complexity index is 1230. The quantitative estimate of drug-likeness (QED) is 0.380. The third-order valence-corrected chi connectivity index (χ3v) is 6.51. The second-order valence-electron chi connectivity index (χ2n) is 8.66. The predicted molar refractivity (Wildman–Crippen MR) is 124 cm³/mol. The maximum Gasteiger partial charge on any atom is 0.200 e. The lowest BCUT2D eigenvalue weighted by Gasteiger charge is -2.36. The van der Waals surface area contributed by atoms with Crippen LogP contribution in [-0.2, 0) is 12.8 Å². The van der Waals surface area contributed by atoms with Gasteiger partial charge in [0.2, 0.25) is 5.75 Å². The lowest BCUT2D eigenvalue weighted by molar-refractivity contribution is 0.0117. The van der Waals surface area contributed by atoms with Gasteiger partial charge in [0, 0.05) is 35.6 Å². The summed E-state index contributed by atoms with van der Waals surface area (Å²) in [5.74, 6) is 0.893. The van der Waals surface area contributed by atoms with E-state index in [1.807, 2.05) is 0 Å². The Labute approximate surface area is 201 Å². The van der Waals surface area contributed by atoms with Crippen molar-refractivity contribution in [2.45, 2.75) is 37.3 Å². The molecule has 2 heterocycles. The molecule has 2 aliphatic rings. The number of hydrogen-bond donors (Lipinski definition) is 5. The monoisotopic (exact) mass is 482 g/mol. The van der Waals surface area contributed by atoms with E-state index in [9.17, 15) is 25.5 Å². The topological polar surface area (TPSA) is 138 Å². The second-order valence-corrected chi connectivity index (χ2v) is 8.66. The third-order valence-electron chi connectivity index (χ3n) is 6.51. The molecule has 5 rings (SSSR count). The first-order chi connectivity index (χ1) is 16.8. The van der Waals surface area contributed by atoms with E-state index in [1.165, 1.54) is 26.4 Å². The highest BCUT2D eigenvalue weighted by molar-refractivity contribution is 5.60. The number of phenols is 3. The molecule has 184 valence electrons. The van der Waals surface area contributed by atoms with E-state index in [2.05, 4.69) is 0 Å². The van der Waals surface area contributed by atoms with E-state index in [0.717, 1.165) is 0 Å². The average Bonchev–Trinajstić information content (AvgIpc) is 2.85. The molecule has 2 aliphatic heterocycles. The lowest BCUT2D eigenvalue weighted by atomic mass is 9.88. The minimum atomic E-state index is -1.01. The molecule has 0 amide bonds. The van der Waals surface area contributed by atoms with Gasteiger partial charge in [0.05, 0.1) is 26.4 Å². The Morgan fingerprint density at radius 3 is 1.66 bits per heavy atom. The van der Waals surface area contributed by atoms with Crippen molar-refractivity contribution in [3.05, 3.63) is 64.7 Å². The Balaban J connectivity index is 1.51. The molecule has 0 aromatic heterocycles. The highest BCUT2D eigenvalue weighted by atomic mass is 16.5. The number of aromatic hydroxyl groups is 3. The predicted octanol–water partition coefficient (Wildman–Crippen LogP) is 2.89. The summed E-state index contributed by atoms with van der Waals surface area (Å²) >= 11 is 0. The van der Waals surface area contributed by atoms with E-state index in [-0.39, 0.29) is 41.6 Å². The standard InChI is InChI=1S/C26H26O9/c1-32-21-7-13(8-22(33-2)24(21)31)26-18(29)10-16-20(35-26)11-19-15(23(16)30)9-17(28)25(34-19)12-3-5-14(27)6-4-12/h3-8,11,17-18,25-31H,9-10H2,1-2H3/t17-,18-,25+,26+/m1/s1. The van der Waals surface area contributed by atoms with E-state index in [0.29, 0.717) is 33.8 Å². The van der Waals surface area contributed by atoms with E-state index >= 15 is 0 Å². The molecule has 3 aromatic rings. The minimum Gasteiger partial charge on any atom is -0.508 e. The van der Waals surface area contributed by atoms with E-state index in [4.69, 9.17) is 18.9 Å². The molecule has 9 nitrogen and oxygen atoms in total. The summed E-state index contributed by atoms with van der Waals surface area (Å²) < 4.78 is 22.6. The number of ether oxygens (including phenoxy) is 4. The van der Waals surface area contributed by atoms with Crippen LogP contribution in [0.2, 0.25) is 0 Å². The average molecular weight is 482 g/mol. The fraction of sp³-hybridized carbons (Fsp3) is 0.308. The molecular formula is C26H26O9. The number of aliphatic hydroxyl groups excluding tert-OH is 2. The van der Waals surface area contributed by atoms with Gasteiger partial charge in [-0.05, 0) is 29.8 Å². The highest BCUT2D eigenvalue weighted by Gasteiger charge is 2.38. The molecule has 0 aliphatic carbocycles. The minimum absolute atomic E-state index is 0.0842. The summed E-state index contributed by atoms with van der Waals surface area (Å²) in [4.78, 5) is 0. The number of phenolic OH excluding ortho intramolecular Hbond substituents is 3. The molecular weight excluding hydrogens is 456 g/mol. The molecule has 0 fully saturated rings. The van der Waals surface area contributed by atoms with Crippen LogP contribution in [0.4, 0.5) is 0 Å². The van der Waals surface area contributed by atoms with Crippen LogP contribution < -0.4 is 18.9 Å². The van der Waals surface area contributed by atoms with Gasteiger partial charge in [-0.2, -0.15) is 0 Å². The lowest BCUT2D eigenvalue weighted by Crippen LogP contribution is -2.33. The summed E-state index contributed by atoms with van der Waals surface area (Å²) in [6, 6.07) is 11.1. The normalized spacial score (nSPS) is 22.9. The first-order valence-corrected chi connectivity index (χ1v) is 11.1. The van der Waals surface area contributed by atoms with Gasteiger partial charge in [-0.3, -0.25) is 0 Å². The molecule has 9 heteroatoms. The zero-order valence-electron chi connectivity index (χ0n) is 19.1. The molecule has 0 saturated carbocycles. The van der Waals surface area contributed by atoms with Crippen LogP contribution in [0.15, 0.2) is 42.5 Å². The van der Waals surface area contributed by atoms with Crippen LogP contribution in [-0.4, -0.2) is 52.0 Å². The number of hydrogen-bond acceptors (Lipinski definition) is 9. The van der Waals surface area contributed by atoms with Crippen LogP contribution >= 0.6 is 0 Å². The number of methoxy groups -OCH3 is 2. The van der Waals surface area contributed by atoms with Gasteiger partial charge in [-0.15, -0.1) is 0 Å². The summed E-state index contributed by atoms with van der Waals surface area (Å²) in [6.07, 6.45) is -3.21. The maximum absolute atomic E-state index is 11.0. The summed E-state index contributed by atoms with van der Waals surface area (Å²) in [5.41, 5.74) is 2.05. The number of aliphatic hydroxyl groups is 2. The number of rotatable bonds is 4. The van der Waals surface area contributed by atoms with Crippen molar-refractivity contribution in [2.24, 2.45) is 0 Å². The van der Waals surface area contributed by atoms with Crippen molar-refractivity contribution in [1.29, 1.82) is 0 Å². The zero-order chi connectivity index (χ0) is 24.9. The smallest absolute Gasteiger partial charge is 0.200 e. The first-order valence-electron chi connectivity index (χ1n) is 11.1. The van der Waals surface area contributed by atoms with Crippen molar-refractivity contribution in [3.63, 3.8) is 0 Å². The van der Waals surface area contributed by atoms with Crippen LogP contribution in [0.3, 0.4) is 0 Å². The van der Waals surface area contributed by atoms with Gasteiger partial charge in [0.15, 0.2) is 17.6 Å². The molecule has 0 bridgehead atoms. The molecule has 3 aromatic carbocycles. The van der Waals surface area contributed by atoms with Gasteiger partial charge in [0.1, 0.15) is 29.1 Å². The van der Waals surface area contributed by atoms with Crippen molar-refractivity contribution < 1.29 is 44.5 Å². The van der Waals surface area contributed by atoms with Gasteiger partial charge in [-0.25, -0.2) is 0 Å².